The van der Waals surface area contributed by atoms with E-state index in [-0.39, 0.29) is 58.2 Å². The highest BCUT2D eigenvalue weighted by atomic mass is 32.1. The van der Waals surface area contributed by atoms with Crippen molar-refractivity contribution in [1.29, 1.82) is 0 Å². The molecule has 1 fully saturated rings. The van der Waals surface area contributed by atoms with Crippen LogP contribution < -0.4 is 29.9 Å². The average molecular weight is 657 g/mol. The molecule has 2 aromatic carbocycles. The van der Waals surface area contributed by atoms with Crippen molar-refractivity contribution in [3.63, 3.8) is 0 Å². The number of carbonyl (C=O) groups excluding carboxylic acids is 1. The summed E-state index contributed by atoms with van der Waals surface area (Å²) in [5.74, 6) is -4.99. The van der Waals surface area contributed by atoms with Gasteiger partial charge >= 0.3 is 23.9 Å². The van der Waals surface area contributed by atoms with Crippen LogP contribution in [-0.2, 0) is 24.0 Å². The summed E-state index contributed by atoms with van der Waals surface area (Å²) < 4.78 is 17.6. The van der Waals surface area contributed by atoms with Gasteiger partial charge in [0.1, 0.15) is 67.9 Å². The number of aryl methyl sites for hydroxylation is 1. The van der Waals surface area contributed by atoms with Crippen LogP contribution in [-0.4, -0.2) is 94.7 Å². The number of hydrogen-bond donors (Lipinski definition) is 6. The second-order valence-corrected chi connectivity index (χ2v) is 10.3. The maximum Gasteiger partial charge on any atom is 0.323 e. The number of rotatable bonds is 16. The van der Waals surface area contributed by atoms with E-state index in [2.05, 4.69) is 10.6 Å². The molecular formula is C29H28N4O12S. The molecule has 0 bridgehead atoms. The van der Waals surface area contributed by atoms with Crippen LogP contribution in [0.1, 0.15) is 11.3 Å². The Balaban J connectivity index is 1.62. The number of benzene rings is 2. The number of furan rings is 1. The van der Waals surface area contributed by atoms with Crippen molar-refractivity contribution in [2.75, 3.05) is 49.2 Å². The first-order valence-electron chi connectivity index (χ1n) is 13.4. The predicted octanol–water partition coefficient (Wildman–Crippen LogP) is 1.50. The Morgan fingerprint density at radius 2 is 1.35 bits per heavy atom. The number of carboxylic acid groups (broad SMARTS) is 4. The monoisotopic (exact) mass is 656 g/mol. The van der Waals surface area contributed by atoms with Crippen LogP contribution in [0.25, 0.3) is 17.0 Å². The molecule has 16 nitrogen and oxygen atoms in total. The summed E-state index contributed by atoms with van der Waals surface area (Å²) in [5.41, 5.74) is 1.46. The van der Waals surface area contributed by atoms with Crippen molar-refractivity contribution in [2.24, 2.45) is 0 Å². The van der Waals surface area contributed by atoms with Gasteiger partial charge in [0.2, 0.25) is 0 Å². The summed E-state index contributed by atoms with van der Waals surface area (Å²) in [7, 11) is 0. The van der Waals surface area contributed by atoms with Crippen LogP contribution in [0.3, 0.4) is 0 Å². The van der Waals surface area contributed by atoms with Crippen molar-refractivity contribution in [3.8, 4) is 11.5 Å². The molecule has 0 unspecified atom stereocenters. The summed E-state index contributed by atoms with van der Waals surface area (Å²) in [6, 6.07) is 9.35. The van der Waals surface area contributed by atoms with Gasteiger partial charge in [0.15, 0.2) is 5.11 Å². The minimum atomic E-state index is -1.30. The van der Waals surface area contributed by atoms with Crippen LogP contribution in [0.15, 0.2) is 46.5 Å². The molecule has 0 aliphatic carbocycles. The van der Waals surface area contributed by atoms with Crippen LogP contribution in [0, 0.1) is 6.92 Å². The minimum Gasteiger partial charge on any atom is -0.488 e. The van der Waals surface area contributed by atoms with Crippen LogP contribution in [0.5, 0.6) is 11.5 Å². The topological polar surface area (TPSA) is 228 Å². The van der Waals surface area contributed by atoms with Gasteiger partial charge in [-0.15, -0.1) is 0 Å². The Labute approximate surface area is 265 Å². The number of nitrogens with one attached hydrogen (secondary N) is 2. The number of thiocarbonyl (C=S) groups is 1. The highest BCUT2D eigenvalue weighted by Crippen LogP contribution is 2.36. The molecule has 1 aliphatic rings. The molecule has 4 rings (SSSR count). The molecule has 1 amide bonds. The number of carboxylic acids is 4. The number of ether oxygens (including phenoxy) is 2. The molecule has 242 valence electrons. The lowest BCUT2D eigenvalue weighted by atomic mass is 10.2. The number of anilines is 2. The molecule has 0 saturated carbocycles. The van der Waals surface area contributed by atoms with Crippen molar-refractivity contribution in [1.82, 2.24) is 10.6 Å². The van der Waals surface area contributed by atoms with E-state index in [1.165, 1.54) is 18.2 Å². The zero-order valence-electron chi connectivity index (χ0n) is 24.1. The quantitative estimate of drug-likeness (QED) is 0.0729. The van der Waals surface area contributed by atoms with Gasteiger partial charge in [0.05, 0.1) is 11.4 Å². The lowest BCUT2D eigenvalue weighted by Gasteiger charge is -2.25. The third kappa shape index (κ3) is 8.63. The SMILES string of the molecule is Cc1ccc(N(CC(=O)O)CC(=O)O)c(OCCOc2cc3cc(/C=C4\NC(=S)NC4=O)oc3cc2N(CC(=O)O)CC(=O)O)c1. The fraction of sp³-hybridized carbons (Fsp3) is 0.241. The second-order valence-electron chi connectivity index (χ2n) is 9.93. The summed E-state index contributed by atoms with van der Waals surface area (Å²) in [6.45, 7) is -1.04. The zero-order valence-corrected chi connectivity index (χ0v) is 25.0. The molecular weight excluding hydrogens is 628 g/mol. The van der Waals surface area contributed by atoms with Gasteiger partial charge in [-0.05, 0) is 49.0 Å². The Bertz CT molecular complexity index is 1720. The summed E-state index contributed by atoms with van der Waals surface area (Å²) in [4.78, 5) is 60.2. The Morgan fingerprint density at radius 1 is 0.804 bits per heavy atom. The second kappa shape index (κ2) is 14.3. The van der Waals surface area contributed by atoms with Crippen molar-refractivity contribution in [3.05, 3.63) is 53.4 Å². The largest absolute Gasteiger partial charge is 0.488 e. The van der Waals surface area contributed by atoms with E-state index >= 15 is 0 Å². The molecule has 1 saturated heterocycles. The molecule has 1 aromatic heterocycles. The van der Waals surface area contributed by atoms with Gasteiger partial charge in [-0.2, -0.15) is 0 Å². The van der Waals surface area contributed by atoms with E-state index in [0.29, 0.717) is 5.39 Å². The molecule has 2 heterocycles. The lowest BCUT2D eigenvalue weighted by Crippen LogP contribution is -2.35. The highest BCUT2D eigenvalue weighted by molar-refractivity contribution is 7.80. The first kappa shape index (κ1) is 33.1. The Kier molecular flexibility index (Phi) is 10.3. The number of amides is 1. The van der Waals surface area contributed by atoms with Gasteiger partial charge in [-0.25, -0.2) is 0 Å². The normalized spacial score (nSPS) is 13.3. The van der Waals surface area contributed by atoms with Gasteiger partial charge in [-0.3, -0.25) is 29.3 Å². The fourth-order valence-corrected chi connectivity index (χ4v) is 4.74. The maximum absolute atomic E-state index is 12.1. The zero-order chi connectivity index (χ0) is 33.5. The van der Waals surface area contributed by atoms with Gasteiger partial charge in [0.25, 0.3) is 5.91 Å². The Hall–Kier alpha value is -5.84. The number of fused-ring (bicyclic) bond motifs is 1. The van der Waals surface area contributed by atoms with Crippen molar-refractivity contribution >= 4 is 75.5 Å². The molecule has 0 spiro atoms. The third-order valence-electron chi connectivity index (χ3n) is 6.32. The lowest BCUT2D eigenvalue weighted by molar-refractivity contribution is -0.138. The number of nitrogens with zero attached hydrogens (tertiary/aromatic N) is 2. The maximum atomic E-state index is 12.1. The van der Waals surface area contributed by atoms with E-state index in [0.717, 1.165) is 15.4 Å². The molecule has 1 aliphatic heterocycles. The smallest absolute Gasteiger partial charge is 0.323 e. The van der Waals surface area contributed by atoms with E-state index in [9.17, 15) is 44.4 Å². The molecule has 0 atom stereocenters. The molecule has 17 heteroatoms. The van der Waals surface area contributed by atoms with Gasteiger partial charge < -0.3 is 49.4 Å². The summed E-state index contributed by atoms with van der Waals surface area (Å²) >= 11 is 4.93. The minimum absolute atomic E-state index is 0.0918. The molecule has 6 N–H and O–H groups in total. The number of hydrogen-bond acceptors (Lipinski definition) is 11. The highest BCUT2D eigenvalue weighted by Gasteiger charge is 2.23. The van der Waals surface area contributed by atoms with E-state index < -0.39 is 56.0 Å². The molecule has 3 aromatic rings. The van der Waals surface area contributed by atoms with Gasteiger partial charge in [-0.1, -0.05) is 6.07 Å². The third-order valence-corrected chi connectivity index (χ3v) is 6.53. The van der Waals surface area contributed by atoms with E-state index in [1.807, 2.05) is 0 Å². The molecule has 46 heavy (non-hydrogen) atoms. The number of aliphatic carboxylic acids is 4. The van der Waals surface area contributed by atoms with E-state index in [4.69, 9.17) is 26.1 Å². The van der Waals surface area contributed by atoms with Crippen LogP contribution in [0.2, 0.25) is 0 Å². The van der Waals surface area contributed by atoms with Crippen LogP contribution in [0.4, 0.5) is 11.4 Å². The van der Waals surface area contributed by atoms with Gasteiger partial charge in [0, 0.05) is 17.5 Å². The number of carbonyl (C=O) groups is 5. The predicted molar refractivity (Wildman–Crippen MR) is 165 cm³/mol. The standard InChI is InChI=1S/C29H28N4O12S/c1-15-2-3-19(32(11-24(34)35)12-25(36)37)22(6-15)43-4-5-44-23-8-16-7-17(9-18-28(42)31-29(46)30-18)45-21(16)10-20(23)33(13-26(38)39)14-27(40)41/h2-3,6-10H,4-5,11-14H2,1H3,(H,34,35)(H,36,37)(H,38,39)(H,40,41)(H2,30,31,42,46)/b18-9-. The fourth-order valence-electron chi connectivity index (χ4n) is 4.54. The van der Waals surface area contributed by atoms with Crippen LogP contribution >= 0.6 is 12.2 Å². The van der Waals surface area contributed by atoms with Crippen molar-refractivity contribution < 1.29 is 58.3 Å². The summed E-state index contributed by atoms with van der Waals surface area (Å²) in [6.07, 6.45) is 1.41. The average Bonchev–Trinajstić information content (AvgIpc) is 3.48. The Morgan fingerprint density at radius 3 is 1.87 bits per heavy atom. The van der Waals surface area contributed by atoms with E-state index in [1.54, 1.807) is 31.2 Å². The first-order chi connectivity index (χ1) is 21.8. The summed E-state index contributed by atoms with van der Waals surface area (Å²) in [5, 5.41) is 43.2. The van der Waals surface area contributed by atoms with Crippen molar-refractivity contribution in [2.45, 2.75) is 6.92 Å². The first-order valence-corrected chi connectivity index (χ1v) is 13.8. The molecule has 0 radical (unpaired) electrons.